The molecule has 0 aromatic heterocycles. The highest BCUT2D eigenvalue weighted by molar-refractivity contribution is 7.86. The van der Waals surface area contributed by atoms with Crippen LogP contribution in [0.1, 0.15) is 19.3 Å². The molecule has 0 radical (unpaired) electrons. The Morgan fingerprint density at radius 2 is 2.14 bits per heavy atom. The Balaban J connectivity index is 2.60. The maximum Gasteiger partial charge on any atom is 0.312 e. The van der Waals surface area contributed by atoms with E-state index < -0.39 is 22.2 Å². The van der Waals surface area contributed by atoms with Gasteiger partial charge in [0.15, 0.2) is 0 Å². The van der Waals surface area contributed by atoms with Gasteiger partial charge in [-0.15, -0.1) is 0 Å². The summed E-state index contributed by atoms with van der Waals surface area (Å²) in [5, 5.41) is 11.1. The summed E-state index contributed by atoms with van der Waals surface area (Å²) in [5.74, 6) is -1.03. The number of aliphatic carboxylic acids is 1. The van der Waals surface area contributed by atoms with Crippen LogP contribution in [0.15, 0.2) is 0 Å². The Kier molecular flexibility index (Phi) is 6.37. The lowest BCUT2D eigenvalue weighted by atomic mass is 10.00. The van der Waals surface area contributed by atoms with Crippen LogP contribution in [-0.2, 0) is 15.0 Å². The number of piperidine rings is 1. The second kappa shape index (κ2) is 7.57. The van der Waals surface area contributed by atoms with Gasteiger partial charge < -0.3 is 16.2 Å². The van der Waals surface area contributed by atoms with Crippen molar-refractivity contribution < 1.29 is 23.1 Å². The number of carbonyl (C=O) groups is 2. The molecule has 1 aliphatic rings. The Morgan fingerprint density at radius 1 is 1.48 bits per heavy atom. The van der Waals surface area contributed by atoms with Crippen LogP contribution in [0.5, 0.6) is 0 Å². The molecule has 0 aromatic carbocycles. The van der Waals surface area contributed by atoms with E-state index in [1.807, 2.05) is 0 Å². The fourth-order valence-corrected chi connectivity index (χ4v) is 3.69. The summed E-state index contributed by atoms with van der Waals surface area (Å²) in [5.41, 5.74) is 5.00. The van der Waals surface area contributed by atoms with Crippen LogP contribution in [0.2, 0.25) is 0 Å². The molecule has 0 aromatic rings. The van der Waals surface area contributed by atoms with Crippen LogP contribution in [0.3, 0.4) is 0 Å². The lowest BCUT2D eigenvalue weighted by Gasteiger charge is -2.34. The number of carboxylic acids is 1. The number of primary amides is 1. The number of hydrogen-bond donors (Lipinski definition) is 3. The number of hydrogen-bond acceptors (Lipinski definition) is 4. The summed E-state index contributed by atoms with van der Waals surface area (Å²) >= 11 is 0. The summed E-state index contributed by atoms with van der Waals surface area (Å²) in [7, 11) is -2.31. The molecule has 21 heavy (non-hydrogen) atoms. The fraction of sp³-hybridized carbons (Fsp3) is 0.818. The molecule has 10 heteroatoms. The molecule has 0 spiro atoms. The first-order valence-corrected chi connectivity index (χ1v) is 8.09. The van der Waals surface area contributed by atoms with Crippen LogP contribution in [0, 0.1) is 5.92 Å². The van der Waals surface area contributed by atoms with Gasteiger partial charge in [-0.3, -0.25) is 4.79 Å². The van der Waals surface area contributed by atoms with E-state index in [0.717, 1.165) is 10.7 Å². The highest BCUT2D eigenvalue weighted by atomic mass is 32.2. The summed E-state index contributed by atoms with van der Waals surface area (Å²) in [6.45, 7) is 0.950. The lowest BCUT2D eigenvalue weighted by Crippen LogP contribution is -2.49. The Morgan fingerprint density at radius 3 is 2.71 bits per heavy atom. The molecule has 1 atom stereocenters. The number of urea groups is 1. The van der Waals surface area contributed by atoms with Crippen molar-refractivity contribution in [1.82, 2.24) is 13.9 Å². The normalized spacial score (nSPS) is 20.4. The topological polar surface area (TPSA) is 133 Å². The minimum Gasteiger partial charge on any atom is -0.481 e. The summed E-state index contributed by atoms with van der Waals surface area (Å²) in [6, 6.07) is -0.631. The van der Waals surface area contributed by atoms with E-state index >= 15 is 0 Å². The minimum absolute atomic E-state index is 0.00824. The Bertz CT molecular complexity index is 481. The van der Waals surface area contributed by atoms with Crippen LogP contribution in [0.25, 0.3) is 0 Å². The van der Waals surface area contributed by atoms with Gasteiger partial charge in [-0.25, -0.2) is 4.79 Å². The fourth-order valence-electron chi connectivity index (χ4n) is 2.21. The van der Waals surface area contributed by atoms with Crippen molar-refractivity contribution in [2.75, 3.05) is 33.2 Å². The number of rotatable bonds is 7. The zero-order valence-electron chi connectivity index (χ0n) is 12.0. The second-order valence-electron chi connectivity index (χ2n) is 5.08. The molecule has 1 saturated heterocycles. The molecule has 1 unspecified atom stereocenters. The number of carboxylic acid groups (broad SMARTS) is 1. The van der Waals surface area contributed by atoms with Crippen LogP contribution in [-0.4, -0.2) is 67.4 Å². The van der Waals surface area contributed by atoms with Crippen molar-refractivity contribution in [3.8, 4) is 0 Å². The maximum absolute atomic E-state index is 12.3. The number of nitrogens with two attached hydrogens (primary N) is 1. The number of amides is 2. The maximum atomic E-state index is 12.3. The van der Waals surface area contributed by atoms with Crippen molar-refractivity contribution in [3.63, 3.8) is 0 Å². The average molecular weight is 322 g/mol. The minimum atomic E-state index is -3.67. The van der Waals surface area contributed by atoms with Crippen molar-refractivity contribution in [1.29, 1.82) is 0 Å². The largest absolute Gasteiger partial charge is 0.481 e. The lowest BCUT2D eigenvalue weighted by molar-refractivity contribution is -0.137. The van der Waals surface area contributed by atoms with E-state index in [9.17, 15) is 18.0 Å². The molecule has 0 saturated carbocycles. The standard InChI is InChI=1S/C11H22N4O5S/c1-14(6-4-10(16)17)21(19,20)15-5-2-3-9(8-15)7-13-11(12)18/h9H,2-8H2,1H3,(H,16,17)(H3,12,13,18). The third-order valence-corrected chi connectivity index (χ3v) is 5.36. The van der Waals surface area contributed by atoms with Crippen LogP contribution in [0.4, 0.5) is 4.79 Å². The number of carbonyl (C=O) groups excluding carboxylic acids is 1. The van der Waals surface area contributed by atoms with Crippen molar-refractivity contribution in [3.05, 3.63) is 0 Å². The van der Waals surface area contributed by atoms with Crippen LogP contribution >= 0.6 is 0 Å². The summed E-state index contributed by atoms with van der Waals surface area (Å²) in [6.07, 6.45) is 1.26. The first-order chi connectivity index (χ1) is 9.73. The van der Waals surface area contributed by atoms with Gasteiger partial charge in [-0.2, -0.15) is 17.0 Å². The van der Waals surface area contributed by atoms with Crippen molar-refractivity contribution in [2.45, 2.75) is 19.3 Å². The molecule has 2 amide bonds. The smallest absolute Gasteiger partial charge is 0.312 e. The zero-order valence-corrected chi connectivity index (χ0v) is 12.8. The number of nitrogens with zero attached hydrogens (tertiary/aromatic N) is 2. The van der Waals surface area contributed by atoms with Gasteiger partial charge in [0.25, 0.3) is 10.2 Å². The van der Waals surface area contributed by atoms with Gasteiger partial charge in [-0.05, 0) is 18.8 Å². The van der Waals surface area contributed by atoms with E-state index in [0.29, 0.717) is 26.1 Å². The highest BCUT2D eigenvalue weighted by Gasteiger charge is 2.31. The predicted octanol–water partition coefficient (Wildman–Crippen LogP) is -0.982. The zero-order chi connectivity index (χ0) is 16.0. The molecule has 1 fully saturated rings. The second-order valence-corrected chi connectivity index (χ2v) is 7.12. The van der Waals surface area contributed by atoms with E-state index in [4.69, 9.17) is 10.8 Å². The molecule has 4 N–H and O–H groups in total. The van der Waals surface area contributed by atoms with E-state index in [-0.39, 0.29) is 18.9 Å². The first kappa shape index (κ1) is 17.7. The molecule has 0 bridgehead atoms. The summed E-state index contributed by atoms with van der Waals surface area (Å²) < 4.78 is 27.0. The summed E-state index contributed by atoms with van der Waals surface area (Å²) in [4.78, 5) is 21.2. The monoisotopic (exact) mass is 322 g/mol. The SMILES string of the molecule is CN(CCC(=O)O)S(=O)(=O)N1CCCC(CNC(N)=O)C1. The molecule has 1 rings (SSSR count). The van der Waals surface area contributed by atoms with Crippen LogP contribution < -0.4 is 11.1 Å². The third kappa shape index (κ3) is 5.48. The molecule has 1 heterocycles. The quantitative estimate of drug-likeness (QED) is 0.554. The van der Waals surface area contributed by atoms with Gasteiger partial charge in [-0.1, -0.05) is 0 Å². The van der Waals surface area contributed by atoms with Gasteiger partial charge in [0.2, 0.25) is 0 Å². The predicted molar refractivity (Wildman–Crippen MR) is 75.7 cm³/mol. The first-order valence-electron chi connectivity index (χ1n) is 6.70. The number of nitrogens with one attached hydrogen (secondary N) is 1. The highest BCUT2D eigenvalue weighted by Crippen LogP contribution is 2.20. The molecular formula is C11H22N4O5S. The van der Waals surface area contributed by atoms with Gasteiger partial charge in [0.05, 0.1) is 6.42 Å². The van der Waals surface area contributed by atoms with Gasteiger partial charge >= 0.3 is 12.0 Å². The third-order valence-electron chi connectivity index (χ3n) is 3.41. The molecule has 9 nitrogen and oxygen atoms in total. The van der Waals surface area contributed by atoms with Crippen molar-refractivity contribution in [2.24, 2.45) is 11.7 Å². The molecular weight excluding hydrogens is 300 g/mol. The van der Waals surface area contributed by atoms with E-state index in [2.05, 4.69) is 5.32 Å². The van der Waals surface area contributed by atoms with Gasteiger partial charge in [0.1, 0.15) is 0 Å². The van der Waals surface area contributed by atoms with Crippen molar-refractivity contribution >= 4 is 22.2 Å². The molecule has 0 aliphatic carbocycles. The Labute approximate surface area is 124 Å². The van der Waals surface area contributed by atoms with E-state index in [1.54, 1.807) is 0 Å². The average Bonchev–Trinajstić information content (AvgIpc) is 2.42. The molecule has 122 valence electrons. The van der Waals surface area contributed by atoms with Gasteiger partial charge in [0, 0.05) is 33.2 Å². The Hall–Kier alpha value is -1.39. The molecule has 1 aliphatic heterocycles. The van der Waals surface area contributed by atoms with E-state index in [1.165, 1.54) is 11.4 Å².